The zero-order valence-corrected chi connectivity index (χ0v) is 10.3. The first-order valence-electron chi connectivity index (χ1n) is 5.92. The lowest BCUT2D eigenvalue weighted by atomic mass is 10.1. The first-order valence-corrected chi connectivity index (χ1v) is 5.92. The number of aromatic nitrogens is 3. The third kappa shape index (κ3) is 3.31. The number of anilines is 1. The number of nitrogens with one attached hydrogen (secondary N) is 2. The van der Waals surface area contributed by atoms with E-state index in [0.717, 1.165) is 30.9 Å². The van der Waals surface area contributed by atoms with Crippen LogP contribution in [-0.2, 0) is 6.42 Å². The molecule has 0 atom stereocenters. The van der Waals surface area contributed by atoms with E-state index in [2.05, 4.69) is 27.4 Å². The van der Waals surface area contributed by atoms with Gasteiger partial charge in [0.05, 0.1) is 6.20 Å². The van der Waals surface area contributed by atoms with E-state index in [9.17, 15) is 0 Å². The van der Waals surface area contributed by atoms with Crippen molar-refractivity contribution >= 4 is 5.82 Å². The highest BCUT2D eigenvalue weighted by Crippen LogP contribution is 2.07. The zero-order chi connectivity index (χ0) is 12.1. The number of rotatable bonds is 5. The van der Waals surface area contributed by atoms with Gasteiger partial charge in [-0.25, -0.2) is 4.98 Å². The Labute approximate surface area is 101 Å². The minimum Gasteiger partial charge on any atom is -0.370 e. The van der Waals surface area contributed by atoms with Gasteiger partial charge in [-0.2, -0.15) is 5.10 Å². The van der Waals surface area contributed by atoms with Gasteiger partial charge in [-0.3, -0.25) is 5.10 Å². The Hall–Kier alpha value is -1.84. The Morgan fingerprint density at radius 2 is 2.18 bits per heavy atom. The number of aromatic amines is 1. The highest BCUT2D eigenvalue weighted by molar-refractivity contribution is 5.34. The number of pyridine rings is 1. The van der Waals surface area contributed by atoms with Gasteiger partial charge >= 0.3 is 0 Å². The summed E-state index contributed by atoms with van der Waals surface area (Å²) in [6, 6.07) is 6.01. The van der Waals surface area contributed by atoms with Crippen LogP contribution in [0, 0.1) is 13.8 Å². The van der Waals surface area contributed by atoms with Crippen LogP contribution in [0.5, 0.6) is 0 Å². The third-order valence-electron chi connectivity index (χ3n) is 2.75. The summed E-state index contributed by atoms with van der Waals surface area (Å²) in [7, 11) is 0. The molecule has 0 aliphatic rings. The second kappa shape index (κ2) is 5.48. The van der Waals surface area contributed by atoms with Gasteiger partial charge in [-0.1, -0.05) is 6.07 Å². The first-order chi connectivity index (χ1) is 8.25. The van der Waals surface area contributed by atoms with Crippen molar-refractivity contribution < 1.29 is 0 Å². The number of nitrogens with zero attached hydrogens (tertiary/aromatic N) is 2. The highest BCUT2D eigenvalue weighted by atomic mass is 15.1. The molecule has 2 aromatic rings. The van der Waals surface area contributed by atoms with Crippen molar-refractivity contribution in [1.29, 1.82) is 0 Å². The molecule has 0 amide bonds. The fourth-order valence-electron chi connectivity index (χ4n) is 1.76. The van der Waals surface area contributed by atoms with Gasteiger partial charge in [0, 0.05) is 17.9 Å². The summed E-state index contributed by atoms with van der Waals surface area (Å²) in [5.41, 5.74) is 3.50. The Kier molecular flexibility index (Phi) is 3.75. The van der Waals surface area contributed by atoms with E-state index in [1.807, 2.05) is 31.3 Å². The normalized spacial score (nSPS) is 10.5. The molecule has 0 saturated heterocycles. The molecule has 2 rings (SSSR count). The van der Waals surface area contributed by atoms with Crippen molar-refractivity contribution in [1.82, 2.24) is 15.2 Å². The van der Waals surface area contributed by atoms with Gasteiger partial charge < -0.3 is 5.32 Å². The number of H-pyrrole nitrogens is 1. The van der Waals surface area contributed by atoms with Gasteiger partial charge in [-0.05, 0) is 44.4 Å². The summed E-state index contributed by atoms with van der Waals surface area (Å²) in [4.78, 5) is 4.40. The fraction of sp³-hybridized carbons (Fsp3) is 0.385. The molecule has 0 bridgehead atoms. The molecule has 2 N–H and O–H groups in total. The Morgan fingerprint density at radius 3 is 2.88 bits per heavy atom. The van der Waals surface area contributed by atoms with E-state index in [1.165, 1.54) is 11.3 Å². The summed E-state index contributed by atoms with van der Waals surface area (Å²) in [6.45, 7) is 4.99. The smallest absolute Gasteiger partial charge is 0.126 e. The lowest BCUT2D eigenvalue weighted by Crippen LogP contribution is -2.05. The van der Waals surface area contributed by atoms with E-state index in [1.54, 1.807) is 0 Å². The molecule has 0 radical (unpaired) electrons. The van der Waals surface area contributed by atoms with Gasteiger partial charge in [0.1, 0.15) is 5.82 Å². The minimum atomic E-state index is 0.932. The fourth-order valence-corrected chi connectivity index (χ4v) is 1.76. The van der Waals surface area contributed by atoms with Gasteiger partial charge in [0.25, 0.3) is 0 Å². The minimum absolute atomic E-state index is 0.932. The van der Waals surface area contributed by atoms with Crippen LogP contribution < -0.4 is 5.32 Å². The van der Waals surface area contributed by atoms with E-state index in [4.69, 9.17) is 0 Å². The van der Waals surface area contributed by atoms with Crippen molar-refractivity contribution in [3.63, 3.8) is 0 Å². The third-order valence-corrected chi connectivity index (χ3v) is 2.75. The average molecular weight is 230 g/mol. The number of hydrogen-bond acceptors (Lipinski definition) is 3. The summed E-state index contributed by atoms with van der Waals surface area (Å²) in [5.74, 6) is 0.953. The maximum Gasteiger partial charge on any atom is 0.126 e. The highest BCUT2D eigenvalue weighted by Gasteiger charge is 1.99. The van der Waals surface area contributed by atoms with Gasteiger partial charge in [0.15, 0.2) is 0 Å². The lowest BCUT2D eigenvalue weighted by molar-refractivity contribution is 0.853. The molecule has 4 heteroatoms. The summed E-state index contributed by atoms with van der Waals surface area (Å²) in [5, 5.41) is 10.3. The van der Waals surface area contributed by atoms with Crippen LogP contribution in [-0.4, -0.2) is 21.7 Å². The van der Waals surface area contributed by atoms with E-state index >= 15 is 0 Å². The molecule has 0 aliphatic carbocycles. The van der Waals surface area contributed by atoms with Crippen LogP contribution in [0.25, 0.3) is 0 Å². The van der Waals surface area contributed by atoms with Crippen molar-refractivity contribution in [2.75, 3.05) is 11.9 Å². The maximum absolute atomic E-state index is 4.40. The zero-order valence-electron chi connectivity index (χ0n) is 10.3. The second-order valence-electron chi connectivity index (χ2n) is 4.21. The molecule has 0 aliphatic heterocycles. The van der Waals surface area contributed by atoms with Gasteiger partial charge in [-0.15, -0.1) is 0 Å². The first kappa shape index (κ1) is 11.6. The Bertz CT molecular complexity index is 476. The van der Waals surface area contributed by atoms with E-state index in [-0.39, 0.29) is 0 Å². The number of hydrogen-bond donors (Lipinski definition) is 2. The quantitative estimate of drug-likeness (QED) is 0.776. The molecular formula is C13H18N4. The van der Waals surface area contributed by atoms with Crippen LogP contribution in [0.4, 0.5) is 5.82 Å². The predicted octanol–water partition coefficient (Wildman–Crippen LogP) is 2.47. The summed E-state index contributed by atoms with van der Waals surface area (Å²) >= 11 is 0. The maximum atomic E-state index is 4.40. The SMILES string of the molecule is Cc1cccc(NCCCc2cn[nH]c2C)n1. The summed E-state index contributed by atoms with van der Waals surface area (Å²) in [6.07, 6.45) is 4.03. The molecular weight excluding hydrogens is 212 g/mol. The average Bonchev–Trinajstić information content (AvgIpc) is 2.71. The van der Waals surface area contributed by atoms with E-state index in [0.29, 0.717) is 0 Å². The molecule has 0 saturated carbocycles. The lowest BCUT2D eigenvalue weighted by Gasteiger charge is -2.05. The molecule has 2 aromatic heterocycles. The number of aryl methyl sites for hydroxylation is 3. The molecule has 4 nitrogen and oxygen atoms in total. The van der Waals surface area contributed by atoms with Crippen LogP contribution >= 0.6 is 0 Å². The molecule has 0 aromatic carbocycles. The molecule has 2 heterocycles. The second-order valence-corrected chi connectivity index (χ2v) is 4.21. The van der Waals surface area contributed by atoms with Crippen LogP contribution in [0.3, 0.4) is 0 Å². The Balaban J connectivity index is 1.75. The van der Waals surface area contributed by atoms with Crippen molar-refractivity contribution in [2.24, 2.45) is 0 Å². The summed E-state index contributed by atoms with van der Waals surface area (Å²) < 4.78 is 0. The van der Waals surface area contributed by atoms with Crippen molar-refractivity contribution in [3.8, 4) is 0 Å². The topological polar surface area (TPSA) is 53.6 Å². The van der Waals surface area contributed by atoms with E-state index < -0.39 is 0 Å². The standard InChI is InChI=1S/C13H18N4/c1-10-5-3-7-13(16-10)14-8-4-6-12-9-15-17-11(12)2/h3,5,7,9H,4,6,8H2,1-2H3,(H,14,16)(H,15,17). The largest absolute Gasteiger partial charge is 0.370 e. The van der Waals surface area contributed by atoms with Crippen molar-refractivity contribution in [2.45, 2.75) is 26.7 Å². The molecule has 90 valence electrons. The van der Waals surface area contributed by atoms with Crippen LogP contribution in [0.1, 0.15) is 23.4 Å². The van der Waals surface area contributed by atoms with Crippen molar-refractivity contribution in [3.05, 3.63) is 41.3 Å². The molecule has 0 spiro atoms. The monoisotopic (exact) mass is 230 g/mol. The molecule has 0 fully saturated rings. The van der Waals surface area contributed by atoms with Crippen LogP contribution in [0.15, 0.2) is 24.4 Å². The van der Waals surface area contributed by atoms with Gasteiger partial charge in [0.2, 0.25) is 0 Å². The predicted molar refractivity (Wildman–Crippen MR) is 69.1 cm³/mol. The Morgan fingerprint density at radius 1 is 1.29 bits per heavy atom. The van der Waals surface area contributed by atoms with Crippen LogP contribution in [0.2, 0.25) is 0 Å². The molecule has 17 heavy (non-hydrogen) atoms. The molecule has 0 unspecified atom stereocenters.